The minimum Gasteiger partial charge on any atom is -0.352 e. The van der Waals surface area contributed by atoms with E-state index >= 15 is 0 Å². The van der Waals surface area contributed by atoms with Crippen LogP contribution in [-0.2, 0) is 11.3 Å². The highest BCUT2D eigenvalue weighted by Gasteiger charge is 2.21. The molecule has 2 aromatic rings. The number of hydrogen-bond acceptors (Lipinski definition) is 3. The first kappa shape index (κ1) is 16.8. The van der Waals surface area contributed by atoms with Crippen LogP contribution in [0.2, 0.25) is 0 Å². The van der Waals surface area contributed by atoms with Crippen LogP contribution >= 0.6 is 24.8 Å². The van der Waals surface area contributed by atoms with Gasteiger partial charge in [0.15, 0.2) is 0 Å². The van der Waals surface area contributed by atoms with E-state index in [1.54, 1.807) is 6.20 Å². The summed E-state index contributed by atoms with van der Waals surface area (Å²) in [5.41, 5.74) is 1.98. The zero-order valence-corrected chi connectivity index (χ0v) is 12.5. The van der Waals surface area contributed by atoms with Gasteiger partial charge in [-0.15, -0.1) is 24.8 Å². The summed E-state index contributed by atoms with van der Waals surface area (Å²) in [6.45, 7) is 2.31. The third-order valence-corrected chi connectivity index (χ3v) is 3.36. The van der Waals surface area contributed by atoms with E-state index in [-0.39, 0.29) is 36.6 Å². The molecule has 1 aliphatic rings. The van der Waals surface area contributed by atoms with Gasteiger partial charge < -0.3 is 15.0 Å². The molecule has 1 fully saturated rings. The van der Waals surface area contributed by atoms with Crippen molar-refractivity contribution in [3.63, 3.8) is 0 Å². The van der Waals surface area contributed by atoms with Crippen LogP contribution in [0.25, 0.3) is 5.65 Å². The lowest BCUT2D eigenvalue weighted by molar-refractivity contribution is -0.124. The molecule has 5 nitrogen and oxygen atoms in total. The zero-order chi connectivity index (χ0) is 12.4. The normalized spacial score (nSPS) is 17.3. The fraction of sp³-hybridized carbons (Fsp3) is 0.385. The smallest absolute Gasteiger partial charge is 0.224 e. The van der Waals surface area contributed by atoms with Gasteiger partial charge in [-0.25, -0.2) is 4.98 Å². The Bertz CT molecular complexity index is 566. The number of halogens is 2. The molecule has 3 rings (SSSR count). The fourth-order valence-corrected chi connectivity index (χ4v) is 2.27. The van der Waals surface area contributed by atoms with Crippen molar-refractivity contribution >= 4 is 36.4 Å². The number of nitrogens with zero attached hydrogens (tertiary/aromatic N) is 2. The molecule has 0 saturated carbocycles. The minimum atomic E-state index is 0. The Kier molecular flexibility index (Phi) is 6.26. The molecule has 1 amide bonds. The van der Waals surface area contributed by atoms with E-state index in [4.69, 9.17) is 0 Å². The lowest BCUT2D eigenvalue weighted by atomic mass is 10.1. The highest BCUT2D eigenvalue weighted by molar-refractivity contribution is 5.85. The number of nitrogens with one attached hydrogen (secondary N) is 2. The fourth-order valence-electron chi connectivity index (χ4n) is 2.27. The van der Waals surface area contributed by atoms with E-state index in [1.807, 2.05) is 28.9 Å². The molecular formula is C13H18Cl2N4O. The second kappa shape index (κ2) is 7.47. The summed E-state index contributed by atoms with van der Waals surface area (Å²) in [6, 6.07) is 4.00. The number of amides is 1. The van der Waals surface area contributed by atoms with Crippen LogP contribution in [0.4, 0.5) is 0 Å². The molecule has 0 aromatic carbocycles. The number of aromatic nitrogens is 2. The lowest BCUT2D eigenvalue weighted by Crippen LogP contribution is -2.31. The Hall–Kier alpha value is -1.30. The van der Waals surface area contributed by atoms with E-state index in [2.05, 4.69) is 15.6 Å². The molecular weight excluding hydrogens is 299 g/mol. The minimum absolute atomic E-state index is 0. The maximum atomic E-state index is 11.9. The molecule has 1 saturated heterocycles. The standard InChI is InChI=1S/C13H16N4O.2ClH/c18-13(11-1-3-14-9-11)16-8-10-2-5-17-6-4-15-12(17)7-10;;/h2,4-7,11,14H,1,3,8-9H2,(H,16,18);2*1H. The number of pyridine rings is 1. The summed E-state index contributed by atoms with van der Waals surface area (Å²) < 4.78 is 1.95. The SMILES string of the molecule is Cl.Cl.O=C(NCc1ccn2ccnc2c1)C1CCNC1. The first-order valence-corrected chi connectivity index (χ1v) is 6.23. The first-order chi connectivity index (χ1) is 8.83. The second-order valence-corrected chi connectivity index (χ2v) is 4.64. The summed E-state index contributed by atoms with van der Waals surface area (Å²) in [4.78, 5) is 16.1. The maximum Gasteiger partial charge on any atom is 0.224 e. The Morgan fingerprint density at radius 3 is 3.05 bits per heavy atom. The molecule has 2 aromatic heterocycles. The lowest BCUT2D eigenvalue weighted by Gasteiger charge is -2.09. The Morgan fingerprint density at radius 1 is 1.45 bits per heavy atom. The van der Waals surface area contributed by atoms with Crippen molar-refractivity contribution in [2.45, 2.75) is 13.0 Å². The van der Waals surface area contributed by atoms with Crippen molar-refractivity contribution in [2.75, 3.05) is 13.1 Å². The van der Waals surface area contributed by atoms with Gasteiger partial charge in [0.1, 0.15) is 5.65 Å². The summed E-state index contributed by atoms with van der Waals surface area (Å²) in [6.07, 6.45) is 6.57. The van der Waals surface area contributed by atoms with Crippen molar-refractivity contribution in [3.8, 4) is 0 Å². The van der Waals surface area contributed by atoms with Gasteiger partial charge in [0, 0.05) is 31.7 Å². The van der Waals surface area contributed by atoms with Gasteiger partial charge in [-0.1, -0.05) is 0 Å². The molecule has 1 aliphatic heterocycles. The highest BCUT2D eigenvalue weighted by atomic mass is 35.5. The number of carbonyl (C=O) groups is 1. The third-order valence-electron chi connectivity index (χ3n) is 3.36. The second-order valence-electron chi connectivity index (χ2n) is 4.64. The summed E-state index contributed by atoms with van der Waals surface area (Å²) >= 11 is 0. The average Bonchev–Trinajstić information content (AvgIpc) is 3.05. The summed E-state index contributed by atoms with van der Waals surface area (Å²) in [5.74, 6) is 0.267. The molecule has 3 heterocycles. The van der Waals surface area contributed by atoms with E-state index in [0.717, 1.165) is 30.7 Å². The van der Waals surface area contributed by atoms with Crippen molar-refractivity contribution in [1.29, 1.82) is 0 Å². The van der Waals surface area contributed by atoms with Crippen LogP contribution < -0.4 is 10.6 Å². The average molecular weight is 317 g/mol. The van der Waals surface area contributed by atoms with E-state index in [0.29, 0.717) is 6.54 Å². The summed E-state index contributed by atoms with van der Waals surface area (Å²) in [7, 11) is 0. The predicted octanol–water partition coefficient (Wildman–Crippen LogP) is 1.40. The van der Waals surface area contributed by atoms with Gasteiger partial charge in [-0.3, -0.25) is 4.79 Å². The molecule has 2 N–H and O–H groups in total. The number of carbonyl (C=O) groups excluding carboxylic acids is 1. The maximum absolute atomic E-state index is 11.9. The van der Waals surface area contributed by atoms with Crippen molar-refractivity contribution in [2.24, 2.45) is 5.92 Å². The van der Waals surface area contributed by atoms with Gasteiger partial charge in [-0.2, -0.15) is 0 Å². The number of hydrogen-bond donors (Lipinski definition) is 2. The van der Waals surface area contributed by atoms with Crippen LogP contribution in [0.1, 0.15) is 12.0 Å². The van der Waals surface area contributed by atoms with Gasteiger partial charge >= 0.3 is 0 Å². The number of rotatable bonds is 3. The largest absolute Gasteiger partial charge is 0.352 e. The molecule has 0 radical (unpaired) electrons. The monoisotopic (exact) mass is 316 g/mol. The molecule has 1 unspecified atom stereocenters. The highest BCUT2D eigenvalue weighted by Crippen LogP contribution is 2.09. The van der Waals surface area contributed by atoms with Gasteiger partial charge in [0.05, 0.1) is 5.92 Å². The summed E-state index contributed by atoms with van der Waals surface area (Å²) in [5, 5.41) is 6.18. The molecule has 0 bridgehead atoms. The molecule has 110 valence electrons. The van der Waals surface area contributed by atoms with Crippen LogP contribution in [0.3, 0.4) is 0 Å². The van der Waals surface area contributed by atoms with Crippen molar-refractivity contribution < 1.29 is 4.79 Å². The quantitative estimate of drug-likeness (QED) is 0.900. The van der Waals surface area contributed by atoms with Crippen LogP contribution in [0, 0.1) is 5.92 Å². The molecule has 20 heavy (non-hydrogen) atoms. The van der Waals surface area contributed by atoms with Gasteiger partial charge in [0.2, 0.25) is 5.91 Å². The van der Waals surface area contributed by atoms with Crippen LogP contribution in [0.5, 0.6) is 0 Å². The molecule has 0 aliphatic carbocycles. The van der Waals surface area contributed by atoms with Gasteiger partial charge in [0.25, 0.3) is 0 Å². The van der Waals surface area contributed by atoms with Crippen molar-refractivity contribution in [1.82, 2.24) is 20.0 Å². The first-order valence-electron chi connectivity index (χ1n) is 6.23. The predicted molar refractivity (Wildman–Crippen MR) is 82.5 cm³/mol. The van der Waals surface area contributed by atoms with Crippen molar-refractivity contribution in [3.05, 3.63) is 36.3 Å². The number of fused-ring (bicyclic) bond motifs is 1. The molecule has 7 heteroatoms. The zero-order valence-electron chi connectivity index (χ0n) is 10.9. The topological polar surface area (TPSA) is 58.4 Å². The molecule has 1 atom stereocenters. The van der Waals surface area contributed by atoms with Crippen LogP contribution in [0.15, 0.2) is 30.7 Å². The van der Waals surface area contributed by atoms with E-state index < -0.39 is 0 Å². The Labute approximate surface area is 130 Å². The Morgan fingerprint density at radius 2 is 2.30 bits per heavy atom. The van der Waals surface area contributed by atoms with Crippen LogP contribution in [-0.4, -0.2) is 28.4 Å². The van der Waals surface area contributed by atoms with E-state index in [1.165, 1.54) is 0 Å². The van der Waals surface area contributed by atoms with Gasteiger partial charge in [-0.05, 0) is 30.7 Å². The third kappa shape index (κ3) is 3.62. The van der Waals surface area contributed by atoms with E-state index in [9.17, 15) is 4.79 Å². The molecule has 0 spiro atoms. The Balaban J connectivity index is 0.000001000. The number of imidazole rings is 1.